The van der Waals surface area contributed by atoms with Crippen molar-refractivity contribution < 1.29 is 13.9 Å². The summed E-state index contributed by atoms with van der Waals surface area (Å²) >= 11 is 0. The number of H-pyrrole nitrogens is 1. The molecule has 5 rings (SSSR count). The fourth-order valence-corrected chi connectivity index (χ4v) is 4.06. The number of halogens is 1. The van der Waals surface area contributed by atoms with Crippen LogP contribution in [0.15, 0.2) is 78.9 Å². The van der Waals surface area contributed by atoms with E-state index in [-0.39, 0.29) is 11.7 Å². The molecule has 0 saturated heterocycles. The first-order chi connectivity index (χ1) is 16.1. The number of hydrogen-bond acceptors (Lipinski definition) is 3. The molecule has 0 unspecified atom stereocenters. The van der Waals surface area contributed by atoms with Gasteiger partial charge in [-0.15, -0.1) is 0 Å². The van der Waals surface area contributed by atoms with Gasteiger partial charge in [0.25, 0.3) is 5.91 Å². The van der Waals surface area contributed by atoms with Gasteiger partial charge in [-0.2, -0.15) is 0 Å². The van der Waals surface area contributed by atoms with Crippen molar-refractivity contribution in [3.05, 3.63) is 95.9 Å². The summed E-state index contributed by atoms with van der Waals surface area (Å²) < 4.78 is 18.7. The van der Waals surface area contributed by atoms with E-state index >= 15 is 0 Å². The van der Waals surface area contributed by atoms with Crippen LogP contribution in [0, 0.1) is 5.82 Å². The highest BCUT2D eigenvalue weighted by atomic mass is 19.1. The van der Waals surface area contributed by atoms with E-state index in [1.807, 2.05) is 54.6 Å². The molecule has 2 aromatic heterocycles. The summed E-state index contributed by atoms with van der Waals surface area (Å²) in [5.74, 6) is 0.141. The van der Waals surface area contributed by atoms with E-state index in [0.717, 1.165) is 32.9 Å². The SMILES string of the molecule is COc1ccccc1-c1nc(C(=O)NCCc2ccc(F)cc2)cc2c1[nH]c1ccccc12. The van der Waals surface area contributed by atoms with Gasteiger partial charge in [0.2, 0.25) is 0 Å². The van der Waals surface area contributed by atoms with Crippen molar-refractivity contribution in [1.82, 2.24) is 15.3 Å². The molecular formula is C27H22FN3O2. The molecule has 0 fully saturated rings. The lowest BCUT2D eigenvalue weighted by Crippen LogP contribution is -2.26. The first-order valence-electron chi connectivity index (χ1n) is 10.7. The molecular weight excluding hydrogens is 417 g/mol. The summed E-state index contributed by atoms with van der Waals surface area (Å²) in [6, 6.07) is 23.7. The quantitative estimate of drug-likeness (QED) is 0.367. The average molecular weight is 439 g/mol. The predicted molar refractivity (Wildman–Crippen MR) is 128 cm³/mol. The van der Waals surface area contributed by atoms with Crippen LogP contribution < -0.4 is 10.1 Å². The second-order valence-electron chi connectivity index (χ2n) is 7.78. The second kappa shape index (κ2) is 8.74. The first kappa shape index (κ1) is 20.7. The average Bonchev–Trinajstić information content (AvgIpc) is 3.23. The normalized spacial score (nSPS) is 11.1. The van der Waals surface area contributed by atoms with Crippen molar-refractivity contribution in [3.8, 4) is 17.0 Å². The van der Waals surface area contributed by atoms with Crippen LogP contribution in [-0.2, 0) is 6.42 Å². The molecule has 0 spiro atoms. The number of rotatable bonds is 6. The Hall–Kier alpha value is -4.19. The van der Waals surface area contributed by atoms with E-state index in [2.05, 4.69) is 10.3 Å². The van der Waals surface area contributed by atoms with Crippen molar-refractivity contribution in [2.24, 2.45) is 0 Å². The van der Waals surface area contributed by atoms with E-state index in [4.69, 9.17) is 9.72 Å². The minimum absolute atomic E-state index is 0.263. The Morgan fingerprint density at radius 3 is 2.58 bits per heavy atom. The third-order valence-corrected chi connectivity index (χ3v) is 5.70. The number of fused-ring (bicyclic) bond motifs is 3. The third kappa shape index (κ3) is 4.03. The van der Waals surface area contributed by atoms with Crippen LogP contribution in [0.3, 0.4) is 0 Å². The highest BCUT2D eigenvalue weighted by Gasteiger charge is 2.18. The Labute approximate surface area is 190 Å². The van der Waals surface area contributed by atoms with E-state index in [1.54, 1.807) is 19.2 Å². The van der Waals surface area contributed by atoms with E-state index in [9.17, 15) is 9.18 Å². The van der Waals surface area contributed by atoms with Gasteiger partial charge in [0, 0.05) is 28.4 Å². The predicted octanol–water partition coefficient (Wildman–Crippen LogP) is 5.50. The van der Waals surface area contributed by atoms with Crippen molar-refractivity contribution in [2.45, 2.75) is 6.42 Å². The highest BCUT2D eigenvalue weighted by Crippen LogP contribution is 2.36. The van der Waals surface area contributed by atoms with Crippen LogP contribution in [0.5, 0.6) is 5.75 Å². The number of hydrogen-bond donors (Lipinski definition) is 2. The van der Waals surface area contributed by atoms with Gasteiger partial charge < -0.3 is 15.0 Å². The number of nitrogens with zero attached hydrogens (tertiary/aromatic N) is 1. The molecule has 0 aliphatic carbocycles. The molecule has 0 aliphatic heterocycles. The number of carbonyl (C=O) groups excluding carboxylic acids is 1. The Kier molecular flexibility index (Phi) is 5.48. The molecule has 3 aromatic carbocycles. The second-order valence-corrected chi connectivity index (χ2v) is 7.78. The number of amides is 1. The molecule has 2 heterocycles. The Balaban J connectivity index is 1.54. The van der Waals surface area contributed by atoms with Crippen molar-refractivity contribution in [1.29, 1.82) is 0 Å². The van der Waals surface area contributed by atoms with Crippen molar-refractivity contribution >= 4 is 27.7 Å². The molecule has 2 N–H and O–H groups in total. The van der Waals surface area contributed by atoms with Gasteiger partial charge in [-0.1, -0.05) is 42.5 Å². The Morgan fingerprint density at radius 1 is 1.00 bits per heavy atom. The molecule has 0 atom stereocenters. The van der Waals surface area contributed by atoms with E-state index < -0.39 is 0 Å². The minimum atomic E-state index is -0.275. The lowest BCUT2D eigenvalue weighted by molar-refractivity contribution is 0.0949. The number of benzene rings is 3. The zero-order chi connectivity index (χ0) is 22.8. The van der Waals surface area contributed by atoms with Crippen LogP contribution in [-0.4, -0.2) is 29.5 Å². The zero-order valence-electron chi connectivity index (χ0n) is 18.1. The number of nitrogens with one attached hydrogen (secondary N) is 2. The summed E-state index contributed by atoms with van der Waals surface area (Å²) in [4.78, 5) is 21.2. The standard InChI is InChI=1S/C27H22FN3O2/c1-33-24-9-5-3-7-20(24)25-26-21(19-6-2-4-8-22(19)30-26)16-23(31-25)27(32)29-15-14-17-10-12-18(28)13-11-17/h2-13,16,30H,14-15H2,1H3,(H,29,32). The number of ether oxygens (including phenoxy) is 1. The van der Waals surface area contributed by atoms with Crippen LogP contribution in [0.1, 0.15) is 16.1 Å². The summed E-state index contributed by atoms with van der Waals surface area (Å²) in [6.07, 6.45) is 0.598. The molecule has 5 nitrogen and oxygen atoms in total. The molecule has 33 heavy (non-hydrogen) atoms. The third-order valence-electron chi connectivity index (χ3n) is 5.70. The molecule has 0 radical (unpaired) electrons. The van der Waals surface area contributed by atoms with Crippen molar-refractivity contribution in [2.75, 3.05) is 13.7 Å². The molecule has 1 amide bonds. The summed E-state index contributed by atoms with van der Waals surface area (Å²) in [5, 5.41) is 4.88. The lowest BCUT2D eigenvalue weighted by atomic mass is 10.1. The summed E-state index contributed by atoms with van der Waals surface area (Å²) in [5.41, 5.74) is 4.56. The van der Waals surface area contributed by atoms with Gasteiger partial charge in [0.1, 0.15) is 17.3 Å². The van der Waals surface area contributed by atoms with Gasteiger partial charge in [-0.05, 0) is 48.4 Å². The topological polar surface area (TPSA) is 67.0 Å². The summed E-state index contributed by atoms with van der Waals surface area (Å²) in [6.45, 7) is 0.419. The molecule has 6 heteroatoms. The van der Waals surface area contributed by atoms with Crippen LogP contribution >= 0.6 is 0 Å². The number of para-hydroxylation sites is 2. The lowest BCUT2D eigenvalue weighted by Gasteiger charge is -2.11. The van der Waals surface area contributed by atoms with Crippen LogP contribution in [0.25, 0.3) is 33.1 Å². The molecule has 0 saturated carbocycles. The van der Waals surface area contributed by atoms with E-state index in [1.165, 1.54) is 12.1 Å². The highest BCUT2D eigenvalue weighted by molar-refractivity contribution is 6.13. The van der Waals surface area contributed by atoms with Crippen LogP contribution in [0.4, 0.5) is 4.39 Å². The first-order valence-corrected chi connectivity index (χ1v) is 10.7. The van der Waals surface area contributed by atoms with Gasteiger partial charge in [-0.25, -0.2) is 9.37 Å². The zero-order valence-corrected chi connectivity index (χ0v) is 18.1. The van der Waals surface area contributed by atoms with Gasteiger partial charge in [0.05, 0.1) is 18.3 Å². The van der Waals surface area contributed by atoms with E-state index in [0.29, 0.717) is 30.1 Å². The van der Waals surface area contributed by atoms with Gasteiger partial charge >= 0.3 is 0 Å². The molecule has 164 valence electrons. The molecule has 0 aliphatic rings. The van der Waals surface area contributed by atoms with Gasteiger partial charge in [-0.3, -0.25) is 4.79 Å². The maximum absolute atomic E-state index is 13.1. The number of carbonyl (C=O) groups is 1. The fraction of sp³-hybridized carbons (Fsp3) is 0.111. The minimum Gasteiger partial charge on any atom is -0.496 e. The largest absolute Gasteiger partial charge is 0.496 e. The number of aromatic nitrogens is 2. The maximum Gasteiger partial charge on any atom is 0.269 e. The number of aromatic amines is 1. The number of methoxy groups -OCH3 is 1. The van der Waals surface area contributed by atoms with Gasteiger partial charge in [0.15, 0.2) is 0 Å². The fourth-order valence-electron chi connectivity index (χ4n) is 4.06. The monoisotopic (exact) mass is 439 g/mol. The summed E-state index contributed by atoms with van der Waals surface area (Å²) in [7, 11) is 1.62. The molecule has 5 aromatic rings. The van der Waals surface area contributed by atoms with Crippen molar-refractivity contribution in [3.63, 3.8) is 0 Å². The Morgan fingerprint density at radius 2 is 1.76 bits per heavy atom. The molecule has 0 bridgehead atoms. The van der Waals surface area contributed by atoms with Crippen LogP contribution in [0.2, 0.25) is 0 Å². The maximum atomic E-state index is 13.1. The smallest absolute Gasteiger partial charge is 0.269 e. The Bertz CT molecular complexity index is 1460. The number of pyridine rings is 1.